The smallest absolute Gasteiger partial charge is 0.314 e. The van der Waals surface area contributed by atoms with Gasteiger partial charge in [0.05, 0.1) is 0 Å². The van der Waals surface area contributed by atoms with E-state index in [0.29, 0.717) is 16.4 Å². The lowest BCUT2D eigenvalue weighted by Crippen LogP contribution is -2.29. The van der Waals surface area contributed by atoms with Crippen LogP contribution in [-0.2, 0) is 9.59 Å². The highest BCUT2D eigenvalue weighted by molar-refractivity contribution is 6.43. The van der Waals surface area contributed by atoms with Gasteiger partial charge < -0.3 is 15.5 Å². The molecule has 0 atom stereocenters. The van der Waals surface area contributed by atoms with Gasteiger partial charge in [0.15, 0.2) is 0 Å². The van der Waals surface area contributed by atoms with Crippen molar-refractivity contribution in [2.45, 2.75) is 20.8 Å². The molecule has 2 rings (SSSR count). The predicted molar refractivity (Wildman–Crippen MR) is 103 cm³/mol. The Balaban J connectivity index is 2.01. The van der Waals surface area contributed by atoms with Gasteiger partial charge in [0.2, 0.25) is 0 Å². The summed E-state index contributed by atoms with van der Waals surface area (Å²) in [6, 6.07) is 12.5. The molecule has 2 aromatic carbocycles. The molecule has 0 radical (unpaired) electrons. The predicted octanol–water partition coefficient (Wildman–Crippen LogP) is 4.07. The number of hydrogen-bond donors (Lipinski definition) is 2. The van der Waals surface area contributed by atoms with Crippen LogP contribution in [0.15, 0.2) is 42.5 Å². The van der Waals surface area contributed by atoms with E-state index in [1.165, 1.54) is 0 Å². The van der Waals surface area contributed by atoms with Gasteiger partial charge in [0.1, 0.15) is 0 Å². The quantitative estimate of drug-likeness (QED) is 0.791. The van der Waals surface area contributed by atoms with Crippen LogP contribution in [0.1, 0.15) is 19.4 Å². The number of benzene rings is 2. The summed E-state index contributed by atoms with van der Waals surface area (Å²) < 4.78 is 0. The van der Waals surface area contributed by atoms with E-state index in [-0.39, 0.29) is 0 Å². The second-order valence-electron chi connectivity index (χ2n) is 5.59. The summed E-state index contributed by atoms with van der Waals surface area (Å²) in [4.78, 5) is 26.3. The third-order valence-electron chi connectivity index (χ3n) is 3.91. The van der Waals surface area contributed by atoms with Gasteiger partial charge in [-0.2, -0.15) is 0 Å². The third kappa shape index (κ3) is 4.97. The molecule has 5 nitrogen and oxygen atoms in total. The first-order valence-corrected chi connectivity index (χ1v) is 8.55. The number of carbonyl (C=O) groups is 2. The van der Waals surface area contributed by atoms with Crippen molar-refractivity contribution in [3.8, 4) is 0 Å². The maximum atomic E-state index is 12.1. The highest BCUT2D eigenvalue weighted by Crippen LogP contribution is 2.20. The lowest BCUT2D eigenvalue weighted by molar-refractivity contribution is -0.133. The summed E-state index contributed by atoms with van der Waals surface area (Å²) in [5.41, 5.74) is 2.99. The number of carbonyl (C=O) groups excluding carboxylic acids is 2. The maximum absolute atomic E-state index is 12.1. The molecular formula is C19H22ClN3O2. The zero-order chi connectivity index (χ0) is 18.4. The number of rotatable bonds is 5. The van der Waals surface area contributed by atoms with Crippen molar-refractivity contribution in [1.29, 1.82) is 0 Å². The average Bonchev–Trinajstić information content (AvgIpc) is 2.60. The van der Waals surface area contributed by atoms with Crippen LogP contribution in [0.3, 0.4) is 0 Å². The number of aryl methyl sites for hydroxylation is 1. The normalized spacial score (nSPS) is 10.2. The number of halogens is 1. The molecule has 0 fully saturated rings. The fourth-order valence-electron chi connectivity index (χ4n) is 2.44. The molecule has 0 aliphatic heterocycles. The molecule has 6 heteroatoms. The van der Waals surface area contributed by atoms with Crippen molar-refractivity contribution < 1.29 is 9.59 Å². The highest BCUT2D eigenvalue weighted by Gasteiger charge is 2.15. The molecule has 0 bridgehead atoms. The molecule has 0 saturated carbocycles. The van der Waals surface area contributed by atoms with Crippen molar-refractivity contribution in [2.24, 2.45) is 0 Å². The van der Waals surface area contributed by atoms with Crippen LogP contribution in [0.2, 0.25) is 5.02 Å². The standard InChI is InChI=1S/C19H22ClN3O2/c1-4-23(5-2)16-10-8-15(9-11-16)21-18(24)19(25)22-17-12-14(20)7-6-13(17)3/h6-12H,4-5H2,1-3H3,(H,21,24)(H,22,25). The summed E-state index contributed by atoms with van der Waals surface area (Å²) in [5, 5.41) is 5.66. The van der Waals surface area contributed by atoms with Crippen LogP contribution in [0.5, 0.6) is 0 Å². The van der Waals surface area contributed by atoms with Gasteiger partial charge in [-0.15, -0.1) is 0 Å². The van der Waals surface area contributed by atoms with E-state index >= 15 is 0 Å². The Morgan fingerprint density at radius 1 is 0.960 bits per heavy atom. The second-order valence-corrected chi connectivity index (χ2v) is 6.02. The molecule has 0 saturated heterocycles. The van der Waals surface area contributed by atoms with Gasteiger partial charge in [0, 0.05) is 35.2 Å². The Labute approximate surface area is 153 Å². The summed E-state index contributed by atoms with van der Waals surface area (Å²) in [7, 11) is 0. The molecule has 2 aromatic rings. The summed E-state index contributed by atoms with van der Waals surface area (Å²) in [6.07, 6.45) is 0. The second kappa shape index (κ2) is 8.53. The first-order chi connectivity index (χ1) is 11.9. The minimum Gasteiger partial charge on any atom is -0.372 e. The van der Waals surface area contributed by atoms with Gasteiger partial charge in [-0.1, -0.05) is 17.7 Å². The van der Waals surface area contributed by atoms with Gasteiger partial charge in [0.25, 0.3) is 0 Å². The first kappa shape index (κ1) is 18.8. The molecular weight excluding hydrogens is 338 g/mol. The van der Waals surface area contributed by atoms with E-state index in [0.717, 1.165) is 24.3 Å². The number of anilines is 3. The van der Waals surface area contributed by atoms with E-state index in [4.69, 9.17) is 11.6 Å². The summed E-state index contributed by atoms with van der Waals surface area (Å²) in [5.74, 6) is -1.46. The Kier molecular flexibility index (Phi) is 6.42. The molecule has 132 valence electrons. The molecule has 0 unspecified atom stereocenters. The number of hydrogen-bond acceptors (Lipinski definition) is 3. The minimum atomic E-state index is -0.738. The third-order valence-corrected chi connectivity index (χ3v) is 4.14. The van der Waals surface area contributed by atoms with Crippen LogP contribution in [-0.4, -0.2) is 24.9 Å². The van der Waals surface area contributed by atoms with Crippen LogP contribution < -0.4 is 15.5 Å². The Morgan fingerprint density at radius 2 is 1.56 bits per heavy atom. The van der Waals surface area contributed by atoms with Crippen molar-refractivity contribution in [3.63, 3.8) is 0 Å². The highest BCUT2D eigenvalue weighted by atomic mass is 35.5. The monoisotopic (exact) mass is 359 g/mol. The Hall–Kier alpha value is -2.53. The van der Waals surface area contributed by atoms with E-state index in [1.54, 1.807) is 30.3 Å². The SMILES string of the molecule is CCN(CC)c1ccc(NC(=O)C(=O)Nc2cc(Cl)ccc2C)cc1. The van der Waals surface area contributed by atoms with Gasteiger partial charge in [-0.25, -0.2) is 0 Å². The van der Waals surface area contributed by atoms with Gasteiger partial charge in [-0.05, 0) is 62.7 Å². The minimum absolute atomic E-state index is 0.494. The Morgan fingerprint density at radius 3 is 2.16 bits per heavy atom. The molecule has 0 aliphatic carbocycles. The lowest BCUT2D eigenvalue weighted by Gasteiger charge is -2.21. The van der Waals surface area contributed by atoms with E-state index in [2.05, 4.69) is 29.4 Å². The van der Waals surface area contributed by atoms with Crippen molar-refractivity contribution in [2.75, 3.05) is 28.6 Å². The first-order valence-electron chi connectivity index (χ1n) is 8.18. The fourth-order valence-corrected chi connectivity index (χ4v) is 2.61. The van der Waals surface area contributed by atoms with Crippen LogP contribution >= 0.6 is 11.6 Å². The maximum Gasteiger partial charge on any atom is 0.314 e. The van der Waals surface area contributed by atoms with E-state index in [1.807, 2.05) is 19.1 Å². The van der Waals surface area contributed by atoms with Gasteiger partial charge >= 0.3 is 11.8 Å². The van der Waals surface area contributed by atoms with Crippen LogP contribution in [0, 0.1) is 6.92 Å². The largest absolute Gasteiger partial charge is 0.372 e. The van der Waals surface area contributed by atoms with Crippen LogP contribution in [0.4, 0.5) is 17.1 Å². The number of nitrogens with zero attached hydrogens (tertiary/aromatic N) is 1. The fraction of sp³-hybridized carbons (Fsp3) is 0.263. The topological polar surface area (TPSA) is 61.4 Å². The molecule has 0 aromatic heterocycles. The molecule has 0 spiro atoms. The zero-order valence-corrected chi connectivity index (χ0v) is 15.4. The molecule has 25 heavy (non-hydrogen) atoms. The lowest BCUT2D eigenvalue weighted by atomic mass is 10.2. The van der Waals surface area contributed by atoms with E-state index in [9.17, 15) is 9.59 Å². The van der Waals surface area contributed by atoms with Crippen molar-refractivity contribution in [1.82, 2.24) is 0 Å². The summed E-state index contributed by atoms with van der Waals surface area (Å²) >= 11 is 5.92. The molecule has 0 aliphatic rings. The van der Waals surface area contributed by atoms with Gasteiger partial charge in [-0.3, -0.25) is 9.59 Å². The zero-order valence-electron chi connectivity index (χ0n) is 14.6. The summed E-state index contributed by atoms with van der Waals surface area (Å²) in [6.45, 7) is 7.81. The van der Waals surface area contributed by atoms with Crippen LogP contribution in [0.25, 0.3) is 0 Å². The number of nitrogens with one attached hydrogen (secondary N) is 2. The molecule has 0 heterocycles. The average molecular weight is 360 g/mol. The molecule has 2 amide bonds. The van der Waals surface area contributed by atoms with Crippen molar-refractivity contribution in [3.05, 3.63) is 53.1 Å². The number of amides is 2. The van der Waals surface area contributed by atoms with Crippen molar-refractivity contribution >= 4 is 40.5 Å². The Bertz CT molecular complexity index is 756. The van der Waals surface area contributed by atoms with E-state index < -0.39 is 11.8 Å². The molecule has 2 N–H and O–H groups in total.